The maximum Gasteiger partial charge on any atom is 0.269 e. The summed E-state index contributed by atoms with van der Waals surface area (Å²) in [6.07, 6.45) is 0. The SMILES string of the molecule is COc1cc(C(=O)NNC(=S)NC(=O)c2ccc(Cl)cc2Cl)cc(OC)c1OC. The molecular formula is C18H17Cl2N3O5S. The van der Waals surface area contributed by atoms with Crippen molar-refractivity contribution in [1.29, 1.82) is 0 Å². The third kappa shape index (κ3) is 5.63. The highest BCUT2D eigenvalue weighted by molar-refractivity contribution is 7.80. The molecule has 0 bridgehead atoms. The lowest BCUT2D eigenvalue weighted by atomic mass is 10.1. The Labute approximate surface area is 182 Å². The number of ether oxygens (including phenoxy) is 3. The summed E-state index contributed by atoms with van der Waals surface area (Å²) in [6, 6.07) is 7.34. The van der Waals surface area contributed by atoms with E-state index in [4.69, 9.17) is 49.6 Å². The molecule has 154 valence electrons. The molecular weight excluding hydrogens is 441 g/mol. The number of carbonyl (C=O) groups is 2. The van der Waals surface area contributed by atoms with Crippen LogP contribution in [-0.2, 0) is 0 Å². The van der Waals surface area contributed by atoms with Crippen LogP contribution >= 0.6 is 35.4 Å². The summed E-state index contributed by atoms with van der Waals surface area (Å²) >= 11 is 16.8. The smallest absolute Gasteiger partial charge is 0.269 e. The van der Waals surface area contributed by atoms with Crippen molar-refractivity contribution >= 4 is 52.3 Å². The first kappa shape index (κ1) is 22.5. The van der Waals surface area contributed by atoms with Gasteiger partial charge in [0.05, 0.1) is 31.9 Å². The van der Waals surface area contributed by atoms with E-state index in [0.717, 1.165) is 0 Å². The lowest BCUT2D eigenvalue weighted by Crippen LogP contribution is -2.48. The Morgan fingerprint density at radius 2 is 1.52 bits per heavy atom. The molecule has 2 aromatic rings. The fraction of sp³-hybridized carbons (Fsp3) is 0.167. The molecule has 0 spiro atoms. The van der Waals surface area contributed by atoms with Gasteiger partial charge in [0.1, 0.15) is 0 Å². The van der Waals surface area contributed by atoms with E-state index in [1.165, 1.54) is 51.7 Å². The van der Waals surface area contributed by atoms with Gasteiger partial charge in [-0.2, -0.15) is 0 Å². The number of methoxy groups -OCH3 is 3. The first-order chi connectivity index (χ1) is 13.8. The molecule has 0 radical (unpaired) electrons. The van der Waals surface area contributed by atoms with Crippen LogP contribution in [-0.4, -0.2) is 38.3 Å². The molecule has 0 atom stereocenters. The fourth-order valence-electron chi connectivity index (χ4n) is 2.27. The topological polar surface area (TPSA) is 97.9 Å². The van der Waals surface area contributed by atoms with E-state index in [1.54, 1.807) is 0 Å². The molecule has 3 N–H and O–H groups in total. The van der Waals surface area contributed by atoms with Gasteiger partial charge >= 0.3 is 0 Å². The minimum atomic E-state index is -0.564. The molecule has 0 heterocycles. The lowest BCUT2D eigenvalue weighted by Gasteiger charge is -2.15. The monoisotopic (exact) mass is 457 g/mol. The predicted octanol–water partition coefficient (Wildman–Crippen LogP) is 2.97. The third-order valence-corrected chi connectivity index (χ3v) is 4.37. The highest BCUT2D eigenvalue weighted by atomic mass is 35.5. The van der Waals surface area contributed by atoms with E-state index in [2.05, 4.69) is 16.2 Å². The second-order valence-corrected chi connectivity index (χ2v) is 6.65. The van der Waals surface area contributed by atoms with Crippen molar-refractivity contribution in [1.82, 2.24) is 16.2 Å². The van der Waals surface area contributed by atoms with Crippen LogP contribution in [0.15, 0.2) is 30.3 Å². The summed E-state index contributed by atoms with van der Waals surface area (Å²) in [5.74, 6) is -0.144. The number of amides is 2. The third-order valence-electron chi connectivity index (χ3n) is 3.62. The Morgan fingerprint density at radius 3 is 2.03 bits per heavy atom. The number of hydrogen-bond acceptors (Lipinski definition) is 6. The molecule has 2 aromatic carbocycles. The van der Waals surface area contributed by atoms with E-state index < -0.39 is 11.8 Å². The van der Waals surface area contributed by atoms with Gasteiger partial charge in [0, 0.05) is 10.6 Å². The van der Waals surface area contributed by atoms with Crippen molar-refractivity contribution in [2.45, 2.75) is 0 Å². The summed E-state index contributed by atoms with van der Waals surface area (Å²) in [4.78, 5) is 24.6. The Bertz CT molecular complexity index is 930. The quantitative estimate of drug-likeness (QED) is 0.468. The number of rotatable bonds is 5. The van der Waals surface area contributed by atoms with Gasteiger partial charge < -0.3 is 14.2 Å². The van der Waals surface area contributed by atoms with Gasteiger partial charge in [0.2, 0.25) is 5.75 Å². The van der Waals surface area contributed by atoms with Crippen molar-refractivity contribution < 1.29 is 23.8 Å². The van der Waals surface area contributed by atoms with E-state index in [1.807, 2.05) is 0 Å². The largest absolute Gasteiger partial charge is 0.493 e. The standard InChI is InChI=1S/C18H17Cl2N3O5S/c1-26-13-6-9(7-14(27-2)15(13)28-3)16(24)22-23-18(29)21-17(25)11-5-4-10(19)8-12(11)20/h4-8H,1-3H3,(H,22,24)(H2,21,23,25,29). The van der Waals surface area contributed by atoms with E-state index in [9.17, 15) is 9.59 Å². The maximum absolute atomic E-state index is 12.4. The van der Waals surface area contributed by atoms with Gasteiger partial charge in [-0.05, 0) is 42.5 Å². The molecule has 2 amide bonds. The maximum atomic E-state index is 12.4. The van der Waals surface area contributed by atoms with Gasteiger partial charge in [0.25, 0.3) is 11.8 Å². The minimum Gasteiger partial charge on any atom is -0.493 e. The Balaban J connectivity index is 2.03. The summed E-state index contributed by atoms with van der Waals surface area (Å²) < 4.78 is 15.6. The van der Waals surface area contributed by atoms with Crippen LogP contribution < -0.4 is 30.4 Å². The lowest BCUT2D eigenvalue weighted by molar-refractivity contribution is 0.0934. The van der Waals surface area contributed by atoms with Crippen LogP contribution in [0.1, 0.15) is 20.7 Å². The van der Waals surface area contributed by atoms with Crippen molar-refractivity contribution in [2.24, 2.45) is 0 Å². The molecule has 0 saturated carbocycles. The van der Waals surface area contributed by atoms with Gasteiger partial charge in [0.15, 0.2) is 16.6 Å². The van der Waals surface area contributed by atoms with Crippen LogP contribution in [0.3, 0.4) is 0 Å². The van der Waals surface area contributed by atoms with Crippen molar-refractivity contribution in [3.8, 4) is 17.2 Å². The molecule has 11 heteroatoms. The van der Waals surface area contributed by atoms with Gasteiger partial charge in [-0.25, -0.2) is 0 Å². The Kier molecular flexibility index (Phi) is 7.89. The van der Waals surface area contributed by atoms with Gasteiger partial charge in [-0.1, -0.05) is 23.2 Å². The number of thiocarbonyl (C=S) groups is 1. The number of hydrogen-bond donors (Lipinski definition) is 3. The molecule has 0 aliphatic rings. The van der Waals surface area contributed by atoms with Crippen LogP contribution in [0, 0.1) is 0 Å². The zero-order chi connectivity index (χ0) is 21.6. The average Bonchev–Trinajstić information content (AvgIpc) is 2.70. The molecule has 2 rings (SSSR count). The second-order valence-electron chi connectivity index (χ2n) is 5.40. The molecule has 0 aliphatic carbocycles. The second kappa shape index (κ2) is 10.1. The molecule has 0 saturated heterocycles. The van der Waals surface area contributed by atoms with E-state index >= 15 is 0 Å². The Hall–Kier alpha value is -2.75. The summed E-state index contributed by atoms with van der Waals surface area (Å²) in [7, 11) is 4.32. The molecule has 0 fully saturated rings. The highest BCUT2D eigenvalue weighted by Crippen LogP contribution is 2.38. The molecule has 8 nitrogen and oxygen atoms in total. The summed E-state index contributed by atoms with van der Waals surface area (Å²) in [6.45, 7) is 0. The van der Waals surface area contributed by atoms with Crippen LogP contribution in [0.5, 0.6) is 17.2 Å². The number of carbonyl (C=O) groups excluding carboxylic acids is 2. The normalized spacial score (nSPS) is 9.97. The van der Waals surface area contributed by atoms with E-state index in [0.29, 0.717) is 22.3 Å². The summed E-state index contributed by atoms with van der Waals surface area (Å²) in [5, 5.41) is 2.82. The zero-order valence-electron chi connectivity index (χ0n) is 15.6. The van der Waals surface area contributed by atoms with Gasteiger partial charge in [-0.3, -0.25) is 25.8 Å². The zero-order valence-corrected chi connectivity index (χ0v) is 17.9. The fourth-order valence-corrected chi connectivity index (χ4v) is 2.91. The first-order valence-electron chi connectivity index (χ1n) is 7.97. The molecule has 0 aliphatic heterocycles. The minimum absolute atomic E-state index is 0.137. The number of nitrogens with one attached hydrogen (secondary N) is 3. The number of halogens is 2. The van der Waals surface area contributed by atoms with Crippen molar-refractivity contribution in [3.63, 3.8) is 0 Å². The summed E-state index contributed by atoms with van der Waals surface area (Å²) in [5.41, 5.74) is 5.19. The number of benzene rings is 2. The predicted molar refractivity (Wildman–Crippen MR) is 113 cm³/mol. The van der Waals surface area contributed by atoms with Crippen molar-refractivity contribution in [2.75, 3.05) is 21.3 Å². The highest BCUT2D eigenvalue weighted by Gasteiger charge is 2.18. The van der Waals surface area contributed by atoms with Crippen molar-refractivity contribution in [3.05, 3.63) is 51.5 Å². The Morgan fingerprint density at radius 1 is 0.897 bits per heavy atom. The van der Waals surface area contributed by atoms with E-state index in [-0.39, 0.29) is 21.3 Å². The van der Waals surface area contributed by atoms with Crippen LogP contribution in [0.2, 0.25) is 10.0 Å². The molecule has 0 aromatic heterocycles. The van der Waals surface area contributed by atoms with Crippen LogP contribution in [0.4, 0.5) is 0 Å². The average molecular weight is 458 g/mol. The first-order valence-corrected chi connectivity index (χ1v) is 9.13. The van der Waals surface area contributed by atoms with Gasteiger partial charge in [-0.15, -0.1) is 0 Å². The molecule has 0 unspecified atom stereocenters. The van der Waals surface area contributed by atoms with Crippen LogP contribution in [0.25, 0.3) is 0 Å². The number of hydrazine groups is 1. The molecule has 29 heavy (non-hydrogen) atoms.